The molecule has 0 aromatic carbocycles. The second-order valence-electron chi connectivity index (χ2n) is 5.56. The van der Waals surface area contributed by atoms with Gasteiger partial charge in [0.05, 0.1) is 12.2 Å². The first-order valence-corrected chi connectivity index (χ1v) is 7.60. The fourth-order valence-electron chi connectivity index (χ4n) is 2.64. The second kappa shape index (κ2) is 7.76. The third-order valence-electron chi connectivity index (χ3n) is 3.85. The van der Waals surface area contributed by atoms with Gasteiger partial charge < -0.3 is 10.2 Å². The maximum Gasteiger partial charge on any atom is 0.221 e. The van der Waals surface area contributed by atoms with Gasteiger partial charge in [0.15, 0.2) is 0 Å². The molecule has 1 N–H and O–H groups in total. The monoisotopic (exact) mass is 289 g/mol. The molecule has 2 rings (SSSR count). The highest BCUT2D eigenvalue weighted by Crippen LogP contribution is 2.17. The number of amides is 2. The summed E-state index contributed by atoms with van der Waals surface area (Å²) in [6, 6.07) is 5.96. The van der Waals surface area contributed by atoms with Crippen LogP contribution in [-0.2, 0) is 16.1 Å². The Balaban J connectivity index is 1.79. The van der Waals surface area contributed by atoms with Gasteiger partial charge in [0.1, 0.15) is 0 Å². The van der Waals surface area contributed by atoms with E-state index in [2.05, 4.69) is 10.3 Å². The molecule has 5 heteroatoms. The zero-order chi connectivity index (χ0) is 15.1. The highest BCUT2D eigenvalue weighted by Gasteiger charge is 2.18. The maximum atomic E-state index is 11.9. The fraction of sp³-hybridized carbons (Fsp3) is 0.562. The molecular formula is C16H23N3O2. The van der Waals surface area contributed by atoms with Crippen molar-refractivity contribution < 1.29 is 9.59 Å². The van der Waals surface area contributed by atoms with E-state index in [1.165, 1.54) is 19.8 Å². The van der Waals surface area contributed by atoms with Crippen LogP contribution in [-0.4, -0.2) is 34.3 Å². The van der Waals surface area contributed by atoms with Crippen molar-refractivity contribution in [1.29, 1.82) is 0 Å². The minimum absolute atomic E-state index is 0.0330. The molecule has 114 valence electrons. The van der Waals surface area contributed by atoms with Crippen molar-refractivity contribution in [3.63, 3.8) is 0 Å². The largest absolute Gasteiger partial charge is 0.353 e. The van der Waals surface area contributed by atoms with Crippen molar-refractivity contribution in [3.05, 3.63) is 30.1 Å². The minimum atomic E-state index is -0.0330. The number of hydrogen-bond acceptors (Lipinski definition) is 3. The first-order valence-electron chi connectivity index (χ1n) is 7.60. The summed E-state index contributed by atoms with van der Waals surface area (Å²) in [5.74, 6) is 0.00323. The number of carbonyl (C=O) groups excluding carboxylic acids is 2. The normalized spacial score (nSPS) is 14.9. The predicted molar refractivity (Wildman–Crippen MR) is 80.3 cm³/mol. The second-order valence-corrected chi connectivity index (χ2v) is 5.56. The molecule has 0 aliphatic heterocycles. The lowest BCUT2D eigenvalue weighted by Gasteiger charge is -2.21. The summed E-state index contributed by atoms with van der Waals surface area (Å²) in [5.41, 5.74) is 0.837. The highest BCUT2D eigenvalue weighted by atomic mass is 16.2. The van der Waals surface area contributed by atoms with Crippen LogP contribution >= 0.6 is 0 Å². The van der Waals surface area contributed by atoms with E-state index >= 15 is 0 Å². The van der Waals surface area contributed by atoms with E-state index in [4.69, 9.17) is 0 Å². The van der Waals surface area contributed by atoms with E-state index in [9.17, 15) is 9.59 Å². The third kappa shape index (κ3) is 5.17. The Hall–Kier alpha value is -1.91. The van der Waals surface area contributed by atoms with Crippen LogP contribution in [0.1, 0.15) is 44.7 Å². The lowest BCUT2D eigenvalue weighted by Crippen LogP contribution is -2.37. The number of hydrogen-bond donors (Lipinski definition) is 1. The van der Waals surface area contributed by atoms with E-state index in [0.717, 1.165) is 18.5 Å². The predicted octanol–water partition coefficient (Wildman–Crippen LogP) is 1.88. The van der Waals surface area contributed by atoms with Crippen LogP contribution in [0.15, 0.2) is 24.4 Å². The van der Waals surface area contributed by atoms with Crippen LogP contribution < -0.4 is 5.32 Å². The summed E-state index contributed by atoms with van der Waals surface area (Å²) in [6.07, 6.45) is 6.62. The molecular weight excluding hydrogens is 266 g/mol. The number of nitrogens with zero attached hydrogens (tertiary/aromatic N) is 2. The molecule has 0 radical (unpaired) electrons. The van der Waals surface area contributed by atoms with Crippen molar-refractivity contribution >= 4 is 11.8 Å². The standard InChI is InChI=1S/C16H23N3O2/c1-13(20)19(12-15-8-4-5-10-17-15)11-9-16(21)18-14-6-2-3-7-14/h4-5,8,10,14H,2-3,6-7,9,11-12H2,1H3,(H,18,21). The molecule has 21 heavy (non-hydrogen) atoms. The highest BCUT2D eigenvalue weighted by molar-refractivity contribution is 5.78. The average molecular weight is 289 g/mol. The van der Waals surface area contributed by atoms with Crippen LogP contribution in [0.5, 0.6) is 0 Å². The zero-order valence-electron chi connectivity index (χ0n) is 12.5. The Morgan fingerprint density at radius 1 is 1.33 bits per heavy atom. The van der Waals surface area contributed by atoms with Crippen LogP contribution in [0, 0.1) is 0 Å². The average Bonchev–Trinajstić information content (AvgIpc) is 2.97. The van der Waals surface area contributed by atoms with Crippen LogP contribution in [0.2, 0.25) is 0 Å². The first-order chi connectivity index (χ1) is 10.1. The van der Waals surface area contributed by atoms with Crippen molar-refractivity contribution in [2.45, 2.75) is 51.6 Å². The summed E-state index contributed by atoms with van der Waals surface area (Å²) < 4.78 is 0. The Labute approximate surface area is 125 Å². The lowest BCUT2D eigenvalue weighted by molar-refractivity contribution is -0.130. The molecule has 0 spiro atoms. The van der Waals surface area contributed by atoms with E-state index < -0.39 is 0 Å². The summed E-state index contributed by atoms with van der Waals surface area (Å²) in [4.78, 5) is 29.5. The van der Waals surface area contributed by atoms with Crippen LogP contribution in [0.25, 0.3) is 0 Å². The van der Waals surface area contributed by atoms with Gasteiger partial charge in [-0.15, -0.1) is 0 Å². The van der Waals surface area contributed by atoms with Crippen molar-refractivity contribution in [2.24, 2.45) is 0 Å². The molecule has 0 atom stereocenters. The lowest BCUT2D eigenvalue weighted by atomic mass is 10.2. The number of aromatic nitrogens is 1. The molecule has 0 bridgehead atoms. The Morgan fingerprint density at radius 2 is 2.10 bits per heavy atom. The summed E-state index contributed by atoms with van der Waals surface area (Å²) in [7, 11) is 0. The number of carbonyl (C=O) groups is 2. The molecule has 5 nitrogen and oxygen atoms in total. The number of nitrogens with one attached hydrogen (secondary N) is 1. The quantitative estimate of drug-likeness (QED) is 0.869. The van der Waals surface area contributed by atoms with Gasteiger partial charge in [0, 0.05) is 32.1 Å². The summed E-state index contributed by atoms with van der Waals surface area (Å²) in [5, 5.41) is 3.04. The van der Waals surface area contributed by atoms with E-state index in [-0.39, 0.29) is 11.8 Å². The van der Waals surface area contributed by atoms with Gasteiger partial charge in [-0.25, -0.2) is 0 Å². The topological polar surface area (TPSA) is 62.3 Å². The van der Waals surface area contributed by atoms with Gasteiger partial charge in [0.25, 0.3) is 0 Å². The Morgan fingerprint density at radius 3 is 2.71 bits per heavy atom. The zero-order valence-corrected chi connectivity index (χ0v) is 12.5. The molecule has 1 saturated carbocycles. The van der Waals surface area contributed by atoms with Gasteiger partial charge in [-0.3, -0.25) is 14.6 Å². The van der Waals surface area contributed by atoms with Crippen molar-refractivity contribution in [1.82, 2.24) is 15.2 Å². The molecule has 1 aromatic rings. The molecule has 1 heterocycles. The summed E-state index contributed by atoms with van der Waals surface area (Å²) in [6.45, 7) is 2.41. The fourth-order valence-corrected chi connectivity index (χ4v) is 2.64. The molecule has 1 fully saturated rings. The van der Waals surface area contributed by atoms with Crippen LogP contribution in [0.4, 0.5) is 0 Å². The van der Waals surface area contributed by atoms with Gasteiger partial charge in [-0.05, 0) is 25.0 Å². The SMILES string of the molecule is CC(=O)N(CCC(=O)NC1CCCC1)Cc1ccccn1. The summed E-state index contributed by atoms with van der Waals surface area (Å²) >= 11 is 0. The number of rotatable bonds is 6. The van der Waals surface area contributed by atoms with Crippen molar-refractivity contribution in [3.8, 4) is 0 Å². The molecule has 1 aliphatic carbocycles. The third-order valence-corrected chi connectivity index (χ3v) is 3.85. The smallest absolute Gasteiger partial charge is 0.221 e. The molecule has 1 aliphatic rings. The Bertz CT molecular complexity index is 470. The van der Waals surface area contributed by atoms with E-state index in [1.54, 1.807) is 11.1 Å². The van der Waals surface area contributed by atoms with Crippen LogP contribution in [0.3, 0.4) is 0 Å². The van der Waals surface area contributed by atoms with Crippen molar-refractivity contribution in [2.75, 3.05) is 6.54 Å². The molecule has 1 aromatic heterocycles. The first kappa shape index (κ1) is 15.5. The molecule has 0 unspecified atom stereocenters. The van der Waals surface area contributed by atoms with Gasteiger partial charge in [-0.1, -0.05) is 18.9 Å². The van der Waals surface area contributed by atoms with Gasteiger partial charge in [-0.2, -0.15) is 0 Å². The van der Waals surface area contributed by atoms with Gasteiger partial charge in [0.2, 0.25) is 11.8 Å². The van der Waals surface area contributed by atoms with E-state index in [1.807, 2.05) is 18.2 Å². The number of pyridine rings is 1. The minimum Gasteiger partial charge on any atom is -0.353 e. The maximum absolute atomic E-state index is 11.9. The molecule has 0 saturated heterocycles. The molecule has 2 amide bonds. The van der Waals surface area contributed by atoms with E-state index in [0.29, 0.717) is 25.6 Å². The van der Waals surface area contributed by atoms with Gasteiger partial charge >= 0.3 is 0 Å². The Kier molecular flexibility index (Phi) is 5.72.